The zero-order valence-corrected chi connectivity index (χ0v) is 12.3. The summed E-state index contributed by atoms with van der Waals surface area (Å²) in [6.07, 6.45) is 2.11. The first kappa shape index (κ1) is 15.5. The van der Waals surface area contributed by atoms with Gasteiger partial charge in [-0.15, -0.1) is 0 Å². The second-order valence-corrected chi connectivity index (χ2v) is 5.00. The van der Waals surface area contributed by atoms with E-state index >= 15 is 0 Å². The van der Waals surface area contributed by atoms with Gasteiger partial charge < -0.3 is 15.2 Å². The molecule has 0 heterocycles. The van der Waals surface area contributed by atoms with E-state index in [4.69, 9.17) is 9.84 Å². The summed E-state index contributed by atoms with van der Waals surface area (Å²) in [7, 11) is 0. The van der Waals surface area contributed by atoms with E-state index in [1.54, 1.807) is 0 Å². The average Bonchev–Trinajstić information content (AvgIpc) is 2.55. The fourth-order valence-corrected chi connectivity index (χ4v) is 2.11. The zero-order chi connectivity index (χ0) is 14.8. The molecule has 2 aromatic rings. The number of hydrogen-bond acceptors (Lipinski definition) is 3. The SMILES string of the molecule is OCCNCCCc1ccc(OCc2ccccc2)cc1. The Morgan fingerprint density at radius 3 is 2.33 bits per heavy atom. The smallest absolute Gasteiger partial charge is 0.119 e. The molecule has 0 aliphatic heterocycles. The topological polar surface area (TPSA) is 41.5 Å². The quantitative estimate of drug-likeness (QED) is 0.696. The Hall–Kier alpha value is -1.84. The number of aryl methyl sites for hydroxylation is 1. The first-order chi connectivity index (χ1) is 10.4. The lowest BCUT2D eigenvalue weighted by atomic mass is 10.1. The van der Waals surface area contributed by atoms with E-state index in [0.717, 1.165) is 25.1 Å². The molecule has 3 heteroatoms. The number of aliphatic hydroxyl groups is 1. The zero-order valence-electron chi connectivity index (χ0n) is 12.3. The lowest BCUT2D eigenvalue weighted by Gasteiger charge is -2.08. The molecule has 112 valence electrons. The van der Waals surface area contributed by atoms with Crippen molar-refractivity contribution in [3.8, 4) is 5.75 Å². The van der Waals surface area contributed by atoms with Gasteiger partial charge in [0.05, 0.1) is 6.61 Å². The van der Waals surface area contributed by atoms with Crippen molar-refractivity contribution < 1.29 is 9.84 Å². The van der Waals surface area contributed by atoms with Crippen LogP contribution in [0.2, 0.25) is 0 Å². The van der Waals surface area contributed by atoms with E-state index in [-0.39, 0.29) is 6.61 Å². The van der Waals surface area contributed by atoms with Crippen LogP contribution in [0.3, 0.4) is 0 Å². The summed E-state index contributed by atoms with van der Waals surface area (Å²) in [6.45, 7) is 2.41. The normalized spacial score (nSPS) is 10.5. The molecule has 0 saturated carbocycles. The van der Waals surface area contributed by atoms with Crippen LogP contribution in [0.5, 0.6) is 5.75 Å². The fourth-order valence-electron chi connectivity index (χ4n) is 2.11. The molecule has 0 unspecified atom stereocenters. The van der Waals surface area contributed by atoms with E-state index < -0.39 is 0 Å². The highest BCUT2D eigenvalue weighted by molar-refractivity contribution is 5.27. The molecule has 0 aromatic heterocycles. The number of rotatable bonds is 9. The van der Waals surface area contributed by atoms with E-state index in [0.29, 0.717) is 13.2 Å². The maximum absolute atomic E-state index is 8.67. The number of nitrogens with one attached hydrogen (secondary N) is 1. The third kappa shape index (κ3) is 5.98. The molecular formula is C18H23NO2. The summed E-state index contributed by atoms with van der Waals surface area (Å²) in [4.78, 5) is 0. The molecule has 21 heavy (non-hydrogen) atoms. The van der Waals surface area contributed by atoms with Crippen molar-refractivity contribution in [1.29, 1.82) is 0 Å². The second kappa shape index (κ2) is 9.16. The Kier molecular flexibility index (Phi) is 6.78. The summed E-state index contributed by atoms with van der Waals surface area (Å²) in [5, 5.41) is 11.9. The van der Waals surface area contributed by atoms with Gasteiger partial charge in [-0.2, -0.15) is 0 Å². The van der Waals surface area contributed by atoms with Crippen LogP contribution in [0, 0.1) is 0 Å². The first-order valence-corrected chi connectivity index (χ1v) is 7.46. The number of ether oxygens (including phenoxy) is 1. The third-order valence-corrected chi connectivity index (χ3v) is 3.28. The fraction of sp³-hybridized carbons (Fsp3) is 0.333. The van der Waals surface area contributed by atoms with E-state index in [2.05, 4.69) is 29.6 Å². The van der Waals surface area contributed by atoms with Crippen LogP contribution < -0.4 is 10.1 Å². The monoisotopic (exact) mass is 285 g/mol. The molecule has 2 rings (SSSR count). The summed E-state index contributed by atoms with van der Waals surface area (Å²) in [5.74, 6) is 0.904. The Bertz CT molecular complexity index is 496. The Balaban J connectivity index is 1.71. The van der Waals surface area contributed by atoms with Crippen molar-refractivity contribution in [2.24, 2.45) is 0 Å². The van der Waals surface area contributed by atoms with Crippen LogP contribution in [0.25, 0.3) is 0 Å². The standard InChI is InChI=1S/C18H23NO2/c20-14-13-19-12-4-7-16-8-10-18(11-9-16)21-15-17-5-2-1-3-6-17/h1-3,5-6,8-11,19-20H,4,7,12-15H2. The van der Waals surface area contributed by atoms with Gasteiger partial charge in [0, 0.05) is 6.54 Å². The van der Waals surface area contributed by atoms with Crippen LogP contribution in [0.15, 0.2) is 54.6 Å². The van der Waals surface area contributed by atoms with Gasteiger partial charge in [-0.3, -0.25) is 0 Å². The minimum atomic E-state index is 0.202. The molecule has 2 aromatic carbocycles. The Morgan fingerprint density at radius 2 is 1.62 bits per heavy atom. The van der Waals surface area contributed by atoms with Gasteiger partial charge in [0.25, 0.3) is 0 Å². The summed E-state index contributed by atoms with van der Waals surface area (Å²) in [6, 6.07) is 18.5. The maximum atomic E-state index is 8.67. The Labute approximate surface area is 126 Å². The first-order valence-electron chi connectivity index (χ1n) is 7.46. The van der Waals surface area contributed by atoms with Gasteiger partial charge in [0.2, 0.25) is 0 Å². The number of benzene rings is 2. The van der Waals surface area contributed by atoms with Gasteiger partial charge in [-0.05, 0) is 42.6 Å². The molecule has 0 bridgehead atoms. The highest BCUT2D eigenvalue weighted by Crippen LogP contribution is 2.15. The van der Waals surface area contributed by atoms with Crippen molar-refractivity contribution in [2.45, 2.75) is 19.4 Å². The molecule has 0 spiro atoms. The van der Waals surface area contributed by atoms with Gasteiger partial charge in [-0.1, -0.05) is 42.5 Å². The van der Waals surface area contributed by atoms with E-state index in [9.17, 15) is 0 Å². The van der Waals surface area contributed by atoms with Crippen LogP contribution in [-0.2, 0) is 13.0 Å². The molecule has 3 nitrogen and oxygen atoms in total. The predicted molar refractivity (Wildman–Crippen MR) is 85.5 cm³/mol. The van der Waals surface area contributed by atoms with Crippen molar-refractivity contribution in [1.82, 2.24) is 5.32 Å². The van der Waals surface area contributed by atoms with Crippen molar-refractivity contribution in [3.05, 3.63) is 65.7 Å². The average molecular weight is 285 g/mol. The largest absolute Gasteiger partial charge is 0.489 e. The third-order valence-electron chi connectivity index (χ3n) is 3.28. The van der Waals surface area contributed by atoms with Crippen LogP contribution in [0.4, 0.5) is 0 Å². The minimum absolute atomic E-state index is 0.202. The molecule has 0 fully saturated rings. The molecule has 0 saturated heterocycles. The minimum Gasteiger partial charge on any atom is -0.489 e. The second-order valence-electron chi connectivity index (χ2n) is 5.00. The highest BCUT2D eigenvalue weighted by Gasteiger charge is 1.97. The molecule has 0 radical (unpaired) electrons. The molecule has 0 amide bonds. The van der Waals surface area contributed by atoms with Crippen LogP contribution >= 0.6 is 0 Å². The Morgan fingerprint density at radius 1 is 0.857 bits per heavy atom. The lowest BCUT2D eigenvalue weighted by Crippen LogP contribution is -2.19. The van der Waals surface area contributed by atoms with E-state index in [1.165, 1.54) is 11.1 Å². The molecule has 2 N–H and O–H groups in total. The van der Waals surface area contributed by atoms with Gasteiger partial charge in [0.15, 0.2) is 0 Å². The number of hydrogen-bond donors (Lipinski definition) is 2. The summed E-state index contributed by atoms with van der Waals surface area (Å²) in [5.41, 5.74) is 2.49. The van der Waals surface area contributed by atoms with Crippen molar-refractivity contribution in [2.75, 3.05) is 19.7 Å². The maximum Gasteiger partial charge on any atom is 0.119 e. The highest BCUT2D eigenvalue weighted by atomic mass is 16.5. The molecule has 0 aliphatic rings. The van der Waals surface area contributed by atoms with Crippen molar-refractivity contribution >= 4 is 0 Å². The number of aliphatic hydroxyl groups excluding tert-OH is 1. The molecule has 0 aliphatic carbocycles. The molecular weight excluding hydrogens is 262 g/mol. The van der Waals surface area contributed by atoms with Gasteiger partial charge >= 0.3 is 0 Å². The predicted octanol–water partition coefficient (Wildman–Crippen LogP) is 2.78. The van der Waals surface area contributed by atoms with Crippen LogP contribution in [0.1, 0.15) is 17.5 Å². The van der Waals surface area contributed by atoms with Crippen molar-refractivity contribution in [3.63, 3.8) is 0 Å². The summed E-state index contributed by atoms with van der Waals surface area (Å²) < 4.78 is 5.76. The van der Waals surface area contributed by atoms with Gasteiger partial charge in [-0.25, -0.2) is 0 Å². The van der Waals surface area contributed by atoms with Gasteiger partial charge in [0.1, 0.15) is 12.4 Å². The molecule has 0 atom stereocenters. The summed E-state index contributed by atoms with van der Waals surface area (Å²) >= 11 is 0. The van der Waals surface area contributed by atoms with Crippen LogP contribution in [-0.4, -0.2) is 24.8 Å². The lowest BCUT2D eigenvalue weighted by molar-refractivity contribution is 0.292. The van der Waals surface area contributed by atoms with E-state index in [1.807, 2.05) is 30.3 Å².